The summed E-state index contributed by atoms with van der Waals surface area (Å²) in [6.45, 7) is 0. The molecule has 22 heavy (non-hydrogen) atoms. The Balaban J connectivity index is 2.37. The predicted octanol–water partition coefficient (Wildman–Crippen LogP) is 2.81. The zero-order valence-electron chi connectivity index (χ0n) is 11.9. The van der Waals surface area contributed by atoms with Gasteiger partial charge in [0, 0.05) is 12.3 Å². The first-order chi connectivity index (χ1) is 10.3. The molecule has 0 radical (unpaired) electrons. The first-order valence-electron chi connectivity index (χ1n) is 6.17. The molecule has 2 aromatic carbocycles. The maximum atomic E-state index is 13.8. The number of methoxy groups -OCH3 is 1. The molecule has 0 unspecified atom stereocenters. The van der Waals surface area contributed by atoms with Crippen LogP contribution in [-0.4, -0.2) is 27.8 Å². The second-order valence-electron chi connectivity index (χ2n) is 4.45. The van der Waals surface area contributed by atoms with Gasteiger partial charge in [-0.1, -0.05) is 12.1 Å². The van der Waals surface area contributed by atoms with Crippen LogP contribution in [0.3, 0.4) is 0 Å². The first-order valence-corrected chi connectivity index (χ1v) is 8.07. The van der Waals surface area contributed by atoms with Gasteiger partial charge in [-0.25, -0.2) is 17.6 Å². The van der Waals surface area contributed by atoms with Gasteiger partial charge >= 0.3 is 5.97 Å². The summed E-state index contributed by atoms with van der Waals surface area (Å²) in [6, 6.07) is 9.67. The largest absolute Gasteiger partial charge is 0.465 e. The number of carbonyl (C=O) groups is 1. The van der Waals surface area contributed by atoms with E-state index in [-0.39, 0.29) is 17.1 Å². The molecule has 5 nitrogen and oxygen atoms in total. The van der Waals surface area contributed by atoms with E-state index in [4.69, 9.17) is 4.74 Å². The van der Waals surface area contributed by atoms with E-state index in [0.29, 0.717) is 0 Å². The molecule has 2 aromatic rings. The SMILES string of the molecule is COC(=O)c1ccccc1Oc1ccc(S(C)(=O)=O)c(F)c1. The zero-order valence-corrected chi connectivity index (χ0v) is 12.7. The molecule has 0 aliphatic rings. The molecule has 0 amide bonds. The Morgan fingerprint density at radius 1 is 1.14 bits per heavy atom. The fraction of sp³-hybridized carbons (Fsp3) is 0.133. The predicted molar refractivity (Wildman–Crippen MR) is 77.4 cm³/mol. The van der Waals surface area contributed by atoms with Crippen molar-refractivity contribution in [3.8, 4) is 11.5 Å². The van der Waals surface area contributed by atoms with Gasteiger partial charge < -0.3 is 9.47 Å². The molecule has 0 spiro atoms. The Hall–Kier alpha value is -2.41. The van der Waals surface area contributed by atoms with Crippen LogP contribution in [0.25, 0.3) is 0 Å². The summed E-state index contributed by atoms with van der Waals surface area (Å²) in [7, 11) is -2.42. The molecular weight excluding hydrogens is 311 g/mol. The van der Waals surface area contributed by atoms with E-state index in [9.17, 15) is 17.6 Å². The van der Waals surface area contributed by atoms with Gasteiger partial charge in [-0.2, -0.15) is 0 Å². The van der Waals surface area contributed by atoms with Crippen molar-refractivity contribution >= 4 is 15.8 Å². The van der Waals surface area contributed by atoms with Crippen LogP contribution >= 0.6 is 0 Å². The summed E-state index contributed by atoms with van der Waals surface area (Å²) in [6.07, 6.45) is 0.915. The second kappa shape index (κ2) is 6.15. The van der Waals surface area contributed by atoms with E-state index in [0.717, 1.165) is 18.4 Å². The van der Waals surface area contributed by atoms with Gasteiger partial charge in [0.05, 0.1) is 7.11 Å². The van der Waals surface area contributed by atoms with Crippen molar-refractivity contribution in [2.75, 3.05) is 13.4 Å². The van der Waals surface area contributed by atoms with E-state index in [1.165, 1.54) is 25.3 Å². The normalized spacial score (nSPS) is 11.0. The topological polar surface area (TPSA) is 69.7 Å². The van der Waals surface area contributed by atoms with Crippen molar-refractivity contribution in [3.63, 3.8) is 0 Å². The number of hydrogen-bond acceptors (Lipinski definition) is 5. The van der Waals surface area contributed by atoms with Crippen molar-refractivity contribution in [2.45, 2.75) is 4.90 Å². The van der Waals surface area contributed by atoms with Crippen LogP contribution in [0.4, 0.5) is 4.39 Å². The first kappa shape index (κ1) is 16.0. The molecule has 0 aromatic heterocycles. The number of benzene rings is 2. The van der Waals surface area contributed by atoms with Crippen LogP contribution in [-0.2, 0) is 14.6 Å². The lowest BCUT2D eigenvalue weighted by Gasteiger charge is -2.10. The maximum absolute atomic E-state index is 13.8. The lowest BCUT2D eigenvalue weighted by molar-refractivity contribution is 0.0598. The molecule has 0 bridgehead atoms. The minimum atomic E-state index is -3.65. The fourth-order valence-corrected chi connectivity index (χ4v) is 2.54. The molecular formula is C15H13FO5S. The second-order valence-corrected chi connectivity index (χ2v) is 6.44. The molecule has 0 saturated heterocycles. The highest BCUT2D eigenvalue weighted by Gasteiger charge is 2.16. The average Bonchev–Trinajstić information content (AvgIpc) is 2.45. The number of sulfone groups is 1. The summed E-state index contributed by atoms with van der Waals surface area (Å²) in [4.78, 5) is 11.2. The van der Waals surface area contributed by atoms with Gasteiger partial charge in [0.25, 0.3) is 0 Å². The molecule has 0 aliphatic heterocycles. The zero-order chi connectivity index (χ0) is 16.3. The van der Waals surface area contributed by atoms with E-state index >= 15 is 0 Å². The van der Waals surface area contributed by atoms with Gasteiger partial charge in [-0.3, -0.25) is 0 Å². The number of ether oxygens (including phenoxy) is 2. The molecule has 0 aliphatic carbocycles. The van der Waals surface area contributed by atoms with Crippen LogP contribution in [0.5, 0.6) is 11.5 Å². The van der Waals surface area contributed by atoms with Gasteiger partial charge in [0.15, 0.2) is 9.84 Å². The Morgan fingerprint density at radius 3 is 2.41 bits per heavy atom. The Bertz CT molecular complexity index is 814. The third kappa shape index (κ3) is 3.43. The third-order valence-corrected chi connectivity index (χ3v) is 3.95. The summed E-state index contributed by atoms with van der Waals surface area (Å²) < 4.78 is 46.6. The van der Waals surface area contributed by atoms with E-state index < -0.39 is 26.5 Å². The Morgan fingerprint density at radius 2 is 1.82 bits per heavy atom. The van der Waals surface area contributed by atoms with E-state index in [1.54, 1.807) is 12.1 Å². The standard InChI is InChI=1S/C15H13FO5S/c1-20-15(17)11-5-3-4-6-13(11)21-10-7-8-14(12(16)9-10)22(2,18)19/h3-9H,1-2H3. The highest BCUT2D eigenvalue weighted by atomic mass is 32.2. The van der Waals surface area contributed by atoms with Crippen LogP contribution < -0.4 is 4.74 Å². The summed E-state index contributed by atoms with van der Waals surface area (Å²) in [5.74, 6) is -1.26. The monoisotopic (exact) mass is 324 g/mol. The highest BCUT2D eigenvalue weighted by Crippen LogP contribution is 2.28. The van der Waals surface area contributed by atoms with Crippen molar-refractivity contribution < 1.29 is 27.1 Å². The molecule has 2 rings (SSSR count). The van der Waals surface area contributed by atoms with Crippen molar-refractivity contribution in [1.29, 1.82) is 0 Å². The lowest BCUT2D eigenvalue weighted by Crippen LogP contribution is -2.04. The number of rotatable bonds is 4. The Labute approximate surface area is 127 Å². The van der Waals surface area contributed by atoms with Crippen molar-refractivity contribution in [1.82, 2.24) is 0 Å². The van der Waals surface area contributed by atoms with E-state index in [2.05, 4.69) is 4.74 Å². The molecule has 0 saturated carbocycles. The Kier molecular flexibility index (Phi) is 4.46. The lowest BCUT2D eigenvalue weighted by atomic mass is 10.2. The van der Waals surface area contributed by atoms with Gasteiger partial charge in [0.2, 0.25) is 0 Å². The maximum Gasteiger partial charge on any atom is 0.341 e. The van der Waals surface area contributed by atoms with Crippen LogP contribution in [0.15, 0.2) is 47.4 Å². The molecule has 0 N–H and O–H groups in total. The number of carbonyl (C=O) groups excluding carboxylic acids is 1. The van der Waals surface area contributed by atoms with Crippen LogP contribution in [0.1, 0.15) is 10.4 Å². The smallest absolute Gasteiger partial charge is 0.341 e. The molecule has 7 heteroatoms. The number of esters is 1. The van der Waals surface area contributed by atoms with Gasteiger partial charge in [-0.15, -0.1) is 0 Å². The number of halogens is 1. The number of para-hydroxylation sites is 1. The molecule has 0 fully saturated rings. The van der Waals surface area contributed by atoms with Crippen molar-refractivity contribution in [3.05, 3.63) is 53.8 Å². The molecule has 0 atom stereocenters. The summed E-state index contributed by atoms with van der Waals surface area (Å²) in [5.41, 5.74) is 0.178. The van der Waals surface area contributed by atoms with Gasteiger partial charge in [-0.05, 0) is 24.3 Å². The number of hydrogen-bond donors (Lipinski definition) is 0. The van der Waals surface area contributed by atoms with Crippen LogP contribution in [0.2, 0.25) is 0 Å². The summed E-state index contributed by atoms with van der Waals surface area (Å²) >= 11 is 0. The minimum Gasteiger partial charge on any atom is -0.465 e. The van der Waals surface area contributed by atoms with Crippen molar-refractivity contribution in [2.24, 2.45) is 0 Å². The van der Waals surface area contributed by atoms with Crippen LogP contribution in [0, 0.1) is 5.82 Å². The fourth-order valence-electron chi connectivity index (χ4n) is 1.81. The molecule has 0 heterocycles. The van der Waals surface area contributed by atoms with Gasteiger partial charge in [0.1, 0.15) is 27.8 Å². The minimum absolute atomic E-state index is 0.0706. The third-order valence-electron chi connectivity index (χ3n) is 2.82. The molecule has 116 valence electrons. The van der Waals surface area contributed by atoms with E-state index in [1.807, 2.05) is 0 Å². The highest BCUT2D eigenvalue weighted by molar-refractivity contribution is 7.90. The summed E-state index contributed by atoms with van der Waals surface area (Å²) in [5, 5.41) is 0. The quantitative estimate of drug-likeness (QED) is 0.809. The average molecular weight is 324 g/mol.